The average molecular weight is 177 g/mol. The molecule has 5 heteroatoms. The molecule has 0 saturated carbocycles. The summed E-state index contributed by atoms with van der Waals surface area (Å²) in [6, 6.07) is -0.464. The molecule has 1 saturated heterocycles. The summed E-state index contributed by atoms with van der Waals surface area (Å²) in [6.07, 6.45) is 0.653. The number of aliphatic carboxylic acids is 1. The van der Waals surface area contributed by atoms with Crippen LogP contribution in [-0.4, -0.2) is 27.2 Å². The van der Waals surface area contributed by atoms with E-state index >= 15 is 0 Å². The molecular weight excluding hydrogens is 170 g/mol. The molecule has 0 radical (unpaired) electrons. The van der Waals surface area contributed by atoms with Crippen molar-refractivity contribution in [3.8, 4) is 0 Å². The van der Waals surface area contributed by atoms with E-state index in [9.17, 15) is 4.79 Å². The second-order valence-corrected chi connectivity index (χ2v) is 3.73. The molecule has 0 aromatic carbocycles. The molecule has 10 heavy (non-hydrogen) atoms. The summed E-state index contributed by atoms with van der Waals surface area (Å²) in [6.45, 7) is 0. The maximum absolute atomic E-state index is 10.4. The maximum atomic E-state index is 10.4. The van der Waals surface area contributed by atoms with Gasteiger partial charge in [0, 0.05) is 5.75 Å². The SMILES string of the molecule is O=C(O)[C@H]1CCSC(=S)N1. The minimum Gasteiger partial charge on any atom is -0.480 e. The van der Waals surface area contributed by atoms with Crippen LogP contribution in [0.3, 0.4) is 0 Å². The Kier molecular flexibility index (Phi) is 2.50. The van der Waals surface area contributed by atoms with Crippen molar-refractivity contribution < 1.29 is 9.90 Å². The number of hydrogen-bond acceptors (Lipinski definition) is 3. The van der Waals surface area contributed by atoms with Crippen LogP contribution in [0, 0.1) is 0 Å². The summed E-state index contributed by atoms with van der Waals surface area (Å²) in [5.74, 6) is -0.00866. The number of carbonyl (C=O) groups is 1. The van der Waals surface area contributed by atoms with E-state index in [2.05, 4.69) is 5.32 Å². The number of thiocarbonyl (C=S) groups is 1. The van der Waals surface area contributed by atoms with Crippen LogP contribution in [0.25, 0.3) is 0 Å². The molecular formula is C5H7NO2S2. The second kappa shape index (κ2) is 3.21. The van der Waals surface area contributed by atoms with Gasteiger partial charge in [0.25, 0.3) is 0 Å². The minimum atomic E-state index is -0.817. The second-order valence-electron chi connectivity index (χ2n) is 1.96. The Bertz CT molecular complexity index is 169. The van der Waals surface area contributed by atoms with Crippen LogP contribution in [0.4, 0.5) is 0 Å². The molecule has 3 nitrogen and oxygen atoms in total. The highest BCUT2D eigenvalue weighted by molar-refractivity contribution is 8.23. The molecule has 1 rings (SSSR count). The van der Waals surface area contributed by atoms with Crippen LogP contribution in [-0.2, 0) is 4.79 Å². The molecule has 0 bridgehead atoms. The molecule has 0 amide bonds. The van der Waals surface area contributed by atoms with Crippen molar-refractivity contribution in [1.29, 1.82) is 0 Å². The molecule has 1 aliphatic heterocycles. The fourth-order valence-electron chi connectivity index (χ4n) is 0.711. The van der Waals surface area contributed by atoms with Crippen LogP contribution in [0.1, 0.15) is 6.42 Å². The van der Waals surface area contributed by atoms with E-state index < -0.39 is 12.0 Å². The zero-order chi connectivity index (χ0) is 7.56. The first-order valence-corrected chi connectivity index (χ1v) is 4.25. The quantitative estimate of drug-likeness (QED) is 0.570. The van der Waals surface area contributed by atoms with E-state index in [0.717, 1.165) is 5.75 Å². The fraction of sp³-hybridized carbons (Fsp3) is 0.600. The topological polar surface area (TPSA) is 49.3 Å². The van der Waals surface area contributed by atoms with Gasteiger partial charge in [0.1, 0.15) is 10.4 Å². The Balaban J connectivity index is 2.47. The Morgan fingerprint density at radius 1 is 1.90 bits per heavy atom. The monoisotopic (exact) mass is 177 g/mol. The predicted octanol–water partition coefficient (Wildman–Crippen LogP) is 0.451. The molecule has 2 N–H and O–H groups in total. The number of thioether (sulfide) groups is 1. The van der Waals surface area contributed by atoms with Crippen molar-refractivity contribution >= 4 is 34.3 Å². The van der Waals surface area contributed by atoms with Gasteiger partial charge in [-0.1, -0.05) is 24.0 Å². The maximum Gasteiger partial charge on any atom is 0.326 e. The van der Waals surface area contributed by atoms with Crippen LogP contribution < -0.4 is 5.32 Å². The van der Waals surface area contributed by atoms with Crippen molar-refractivity contribution in [2.45, 2.75) is 12.5 Å². The third-order valence-corrected chi connectivity index (χ3v) is 2.52. The molecule has 1 atom stereocenters. The molecule has 1 aliphatic rings. The number of hydrogen-bond donors (Lipinski definition) is 2. The smallest absolute Gasteiger partial charge is 0.326 e. The van der Waals surface area contributed by atoms with Gasteiger partial charge in [0.2, 0.25) is 0 Å². The molecule has 0 aliphatic carbocycles. The van der Waals surface area contributed by atoms with E-state index in [4.69, 9.17) is 17.3 Å². The first-order chi connectivity index (χ1) is 4.70. The number of carboxylic acid groups (broad SMARTS) is 1. The van der Waals surface area contributed by atoms with E-state index in [1.165, 1.54) is 11.8 Å². The highest BCUT2D eigenvalue weighted by Gasteiger charge is 2.21. The molecule has 1 heterocycles. The molecule has 0 unspecified atom stereocenters. The lowest BCUT2D eigenvalue weighted by atomic mass is 10.2. The summed E-state index contributed by atoms with van der Waals surface area (Å²) >= 11 is 6.29. The van der Waals surface area contributed by atoms with Gasteiger partial charge in [-0.05, 0) is 6.42 Å². The number of rotatable bonds is 1. The first kappa shape index (κ1) is 7.81. The third kappa shape index (κ3) is 1.85. The van der Waals surface area contributed by atoms with E-state index in [1.807, 2.05) is 0 Å². The summed E-state index contributed by atoms with van der Waals surface area (Å²) in [7, 11) is 0. The Hall–Kier alpha value is -0.290. The molecule has 0 aromatic rings. The van der Waals surface area contributed by atoms with Crippen molar-refractivity contribution in [3.63, 3.8) is 0 Å². The van der Waals surface area contributed by atoms with Gasteiger partial charge in [-0.2, -0.15) is 0 Å². The summed E-state index contributed by atoms with van der Waals surface area (Å²) < 4.78 is 0.596. The molecule has 0 spiro atoms. The van der Waals surface area contributed by atoms with E-state index in [1.54, 1.807) is 0 Å². The minimum absolute atomic E-state index is 0.464. The van der Waals surface area contributed by atoms with Crippen LogP contribution in [0.15, 0.2) is 0 Å². The highest BCUT2D eigenvalue weighted by Crippen LogP contribution is 2.13. The Morgan fingerprint density at radius 3 is 3.00 bits per heavy atom. The zero-order valence-electron chi connectivity index (χ0n) is 5.16. The molecule has 56 valence electrons. The summed E-state index contributed by atoms with van der Waals surface area (Å²) in [5, 5.41) is 11.2. The first-order valence-electron chi connectivity index (χ1n) is 2.86. The van der Waals surface area contributed by atoms with Crippen molar-refractivity contribution in [3.05, 3.63) is 0 Å². The van der Waals surface area contributed by atoms with Gasteiger partial charge < -0.3 is 10.4 Å². The Labute approximate surface area is 68.2 Å². The standard InChI is InChI=1S/C5H7NO2S2/c7-4(8)3-1-2-10-5(9)6-3/h3H,1-2H2,(H,6,9)(H,7,8)/t3-/m1/s1. The fourth-order valence-corrected chi connectivity index (χ4v) is 1.87. The molecule has 0 aromatic heterocycles. The van der Waals surface area contributed by atoms with Gasteiger partial charge in [0.05, 0.1) is 0 Å². The average Bonchev–Trinajstić information content (AvgIpc) is 1.88. The zero-order valence-corrected chi connectivity index (χ0v) is 6.80. The van der Waals surface area contributed by atoms with Crippen molar-refractivity contribution in [2.75, 3.05) is 5.75 Å². The van der Waals surface area contributed by atoms with Gasteiger partial charge in [-0.15, -0.1) is 0 Å². The lowest BCUT2D eigenvalue weighted by molar-refractivity contribution is -0.139. The number of carboxylic acids is 1. The lowest BCUT2D eigenvalue weighted by Crippen LogP contribution is -2.42. The van der Waals surface area contributed by atoms with Crippen LogP contribution in [0.2, 0.25) is 0 Å². The Morgan fingerprint density at radius 2 is 2.60 bits per heavy atom. The predicted molar refractivity (Wildman–Crippen MR) is 44.2 cm³/mol. The normalized spacial score (nSPS) is 25.6. The highest BCUT2D eigenvalue weighted by atomic mass is 32.2. The van der Waals surface area contributed by atoms with Gasteiger partial charge in [0.15, 0.2) is 0 Å². The summed E-state index contributed by atoms with van der Waals surface area (Å²) in [5.41, 5.74) is 0. The lowest BCUT2D eigenvalue weighted by Gasteiger charge is -2.20. The summed E-state index contributed by atoms with van der Waals surface area (Å²) in [4.78, 5) is 10.4. The van der Waals surface area contributed by atoms with Gasteiger partial charge >= 0.3 is 5.97 Å². The van der Waals surface area contributed by atoms with Gasteiger partial charge in [-0.3, -0.25) is 0 Å². The van der Waals surface area contributed by atoms with E-state index in [-0.39, 0.29) is 0 Å². The largest absolute Gasteiger partial charge is 0.480 e. The molecule has 1 fully saturated rings. The van der Waals surface area contributed by atoms with Crippen LogP contribution in [0.5, 0.6) is 0 Å². The van der Waals surface area contributed by atoms with Gasteiger partial charge in [-0.25, -0.2) is 4.79 Å². The van der Waals surface area contributed by atoms with Crippen molar-refractivity contribution in [2.24, 2.45) is 0 Å². The van der Waals surface area contributed by atoms with E-state index in [0.29, 0.717) is 10.7 Å². The number of nitrogens with one attached hydrogen (secondary N) is 1. The van der Waals surface area contributed by atoms with Crippen LogP contribution >= 0.6 is 24.0 Å². The van der Waals surface area contributed by atoms with Crippen molar-refractivity contribution in [1.82, 2.24) is 5.32 Å². The third-order valence-electron chi connectivity index (χ3n) is 1.23.